The van der Waals surface area contributed by atoms with Gasteiger partial charge >= 0.3 is 6.18 Å². The molecule has 1 rings (SSSR count). The van der Waals surface area contributed by atoms with Crippen LogP contribution in [0.4, 0.5) is 13.2 Å². The molecule has 1 aromatic rings. The van der Waals surface area contributed by atoms with Gasteiger partial charge in [0.2, 0.25) is 0 Å². The first-order chi connectivity index (χ1) is 8.92. The molecule has 106 valence electrons. The van der Waals surface area contributed by atoms with Gasteiger partial charge in [-0.05, 0) is 17.7 Å². The highest BCUT2D eigenvalue weighted by molar-refractivity contribution is 5.79. The maximum absolute atomic E-state index is 12.9. The predicted molar refractivity (Wildman–Crippen MR) is 67.3 cm³/mol. The van der Waals surface area contributed by atoms with Crippen LogP contribution in [0.3, 0.4) is 0 Å². The van der Waals surface area contributed by atoms with Crippen LogP contribution in [-0.4, -0.2) is 27.2 Å². The lowest BCUT2D eigenvalue weighted by Crippen LogP contribution is -2.34. The van der Waals surface area contributed by atoms with Crippen LogP contribution in [0.15, 0.2) is 23.2 Å². The summed E-state index contributed by atoms with van der Waals surface area (Å²) >= 11 is 0. The molecule has 0 aliphatic heterocycles. The number of guanidine groups is 1. The molecular formula is C12H16F3N3O. The van der Waals surface area contributed by atoms with Crippen molar-refractivity contribution in [1.29, 1.82) is 0 Å². The zero-order valence-corrected chi connectivity index (χ0v) is 10.9. The van der Waals surface area contributed by atoms with Crippen LogP contribution in [-0.2, 0) is 12.7 Å². The second-order valence-electron chi connectivity index (χ2n) is 3.70. The number of hydrogen-bond donors (Lipinski definition) is 2. The highest BCUT2D eigenvalue weighted by Crippen LogP contribution is 2.34. The lowest BCUT2D eigenvalue weighted by molar-refractivity contribution is -0.138. The van der Waals surface area contributed by atoms with Gasteiger partial charge in [0.1, 0.15) is 5.75 Å². The van der Waals surface area contributed by atoms with Crippen molar-refractivity contribution in [1.82, 2.24) is 10.6 Å². The molecule has 0 heterocycles. The van der Waals surface area contributed by atoms with Crippen molar-refractivity contribution in [2.45, 2.75) is 12.7 Å². The third-order valence-corrected chi connectivity index (χ3v) is 2.53. The molecule has 19 heavy (non-hydrogen) atoms. The van der Waals surface area contributed by atoms with E-state index in [0.29, 0.717) is 5.96 Å². The Hall–Kier alpha value is -1.92. The third-order valence-electron chi connectivity index (χ3n) is 2.53. The number of methoxy groups -OCH3 is 1. The molecular weight excluding hydrogens is 259 g/mol. The number of nitrogens with one attached hydrogen (secondary N) is 2. The molecule has 0 bridgehead atoms. The highest BCUT2D eigenvalue weighted by Gasteiger charge is 2.33. The molecule has 4 nitrogen and oxygen atoms in total. The first-order valence-corrected chi connectivity index (χ1v) is 5.55. The maximum atomic E-state index is 12.9. The summed E-state index contributed by atoms with van der Waals surface area (Å²) in [6, 6.07) is 3.87. The molecule has 0 amide bonds. The zero-order valence-electron chi connectivity index (χ0n) is 10.9. The van der Waals surface area contributed by atoms with Crippen LogP contribution < -0.4 is 15.4 Å². The van der Waals surface area contributed by atoms with Crippen LogP contribution in [0.2, 0.25) is 0 Å². The Bertz CT molecular complexity index is 458. The van der Waals surface area contributed by atoms with Gasteiger partial charge in [-0.25, -0.2) is 0 Å². The van der Waals surface area contributed by atoms with Crippen molar-refractivity contribution in [3.8, 4) is 5.75 Å². The van der Waals surface area contributed by atoms with Crippen molar-refractivity contribution >= 4 is 5.96 Å². The van der Waals surface area contributed by atoms with Crippen molar-refractivity contribution in [2.75, 3.05) is 21.2 Å². The number of rotatable bonds is 3. The van der Waals surface area contributed by atoms with Gasteiger partial charge in [-0.2, -0.15) is 13.2 Å². The van der Waals surface area contributed by atoms with E-state index in [0.717, 1.165) is 6.07 Å². The summed E-state index contributed by atoms with van der Waals surface area (Å²) in [6.45, 7) is 0.0202. The summed E-state index contributed by atoms with van der Waals surface area (Å²) in [7, 11) is 4.50. The van der Waals surface area contributed by atoms with E-state index in [1.807, 2.05) is 0 Å². The number of ether oxygens (including phenoxy) is 1. The molecule has 7 heteroatoms. The largest absolute Gasteiger partial charge is 0.497 e. The van der Waals surface area contributed by atoms with Gasteiger partial charge in [-0.1, -0.05) is 6.07 Å². The molecule has 0 atom stereocenters. The lowest BCUT2D eigenvalue weighted by atomic mass is 10.1. The molecule has 0 aliphatic carbocycles. The van der Waals surface area contributed by atoms with Crippen LogP contribution >= 0.6 is 0 Å². The van der Waals surface area contributed by atoms with Gasteiger partial charge in [0.05, 0.1) is 12.7 Å². The second-order valence-corrected chi connectivity index (χ2v) is 3.70. The van der Waals surface area contributed by atoms with E-state index < -0.39 is 11.7 Å². The zero-order chi connectivity index (χ0) is 14.5. The monoisotopic (exact) mass is 275 g/mol. The fourth-order valence-corrected chi connectivity index (χ4v) is 1.56. The van der Waals surface area contributed by atoms with Crippen LogP contribution in [0, 0.1) is 0 Å². The summed E-state index contributed by atoms with van der Waals surface area (Å²) in [4.78, 5) is 3.84. The van der Waals surface area contributed by atoms with Gasteiger partial charge in [0.25, 0.3) is 0 Å². The van der Waals surface area contributed by atoms with Crippen LogP contribution in [0.25, 0.3) is 0 Å². The first-order valence-electron chi connectivity index (χ1n) is 5.55. The van der Waals surface area contributed by atoms with E-state index in [2.05, 4.69) is 15.6 Å². The van der Waals surface area contributed by atoms with Gasteiger partial charge < -0.3 is 15.4 Å². The van der Waals surface area contributed by atoms with Gasteiger partial charge in [-0.15, -0.1) is 0 Å². The number of nitrogens with zero attached hydrogens (tertiary/aromatic N) is 1. The second kappa shape index (κ2) is 6.31. The quantitative estimate of drug-likeness (QED) is 0.655. The van der Waals surface area contributed by atoms with Crippen LogP contribution in [0.1, 0.15) is 11.1 Å². The minimum atomic E-state index is -4.42. The minimum absolute atomic E-state index is 0.0202. The number of benzene rings is 1. The smallest absolute Gasteiger partial charge is 0.416 e. The summed E-state index contributed by atoms with van der Waals surface area (Å²) in [5.74, 6) is 0.595. The summed E-state index contributed by atoms with van der Waals surface area (Å²) < 4.78 is 43.6. The summed E-state index contributed by atoms with van der Waals surface area (Å²) in [5, 5.41) is 5.52. The Balaban J connectivity index is 3.00. The average Bonchev–Trinajstić information content (AvgIpc) is 2.39. The first kappa shape index (κ1) is 15.1. The predicted octanol–water partition coefficient (Wildman–Crippen LogP) is 2.01. The highest BCUT2D eigenvalue weighted by atomic mass is 19.4. The number of alkyl halides is 3. The molecule has 0 aromatic heterocycles. The molecule has 0 saturated heterocycles. The number of hydrogen-bond acceptors (Lipinski definition) is 2. The van der Waals surface area contributed by atoms with E-state index in [-0.39, 0.29) is 17.9 Å². The van der Waals surface area contributed by atoms with Gasteiger partial charge in [-0.3, -0.25) is 4.99 Å². The molecule has 0 aliphatic rings. The normalized spacial score (nSPS) is 12.2. The SMILES string of the molecule is CN=C(NC)NCc1ccc(OC)cc1C(F)(F)F. The van der Waals surface area contributed by atoms with Crippen molar-refractivity contribution in [2.24, 2.45) is 4.99 Å². The van der Waals surface area contributed by atoms with Crippen molar-refractivity contribution in [3.63, 3.8) is 0 Å². The molecule has 1 aromatic carbocycles. The standard InChI is InChI=1S/C12H16F3N3O/c1-16-11(17-2)18-7-8-4-5-9(19-3)6-10(8)12(13,14)15/h4-6H,7H2,1-3H3,(H2,16,17,18). The Kier molecular flexibility index (Phi) is 5.02. The van der Waals surface area contributed by atoms with Gasteiger partial charge in [0.15, 0.2) is 5.96 Å². The van der Waals surface area contributed by atoms with E-state index >= 15 is 0 Å². The third kappa shape index (κ3) is 4.04. The molecule has 0 radical (unpaired) electrons. The topological polar surface area (TPSA) is 45.7 Å². The number of halogens is 3. The molecule has 0 spiro atoms. The Morgan fingerprint density at radius 3 is 2.53 bits per heavy atom. The molecule has 0 saturated carbocycles. The Morgan fingerprint density at radius 2 is 2.05 bits per heavy atom. The van der Waals surface area contributed by atoms with Crippen molar-refractivity contribution < 1.29 is 17.9 Å². The summed E-state index contributed by atoms with van der Waals surface area (Å²) in [5.41, 5.74) is -0.587. The maximum Gasteiger partial charge on any atom is 0.416 e. The minimum Gasteiger partial charge on any atom is -0.497 e. The fraction of sp³-hybridized carbons (Fsp3) is 0.417. The molecule has 2 N–H and O–H groups in total. The van der Waals surface area contributed by atoms with E-state index in [1.54, 1.807) is 7.05 Å². The van der Waals surface area contributed by atoms with E-state index in [9.17, 15) is 13.2 Å². The lowest BCUT2D eigenvalue weighted by Gasteiger charge is -2.15. The fourth-order valence-electron chi connectivity index (χ4n) is 1.56. The van der Waals surface area contributed by atoms with Gasteiger partial charge in [0, 0.05) is 20.6 Å². The Morgan fingerprint density at radius 1 is 1.37 bits per heavy atom. The summed E-state index contributed by atoms with van der Waals surface area (Å²) in [6.07, 6.45) is -4.42. The van der Waals surface area contributed by atoms with Crippen LogP contribution in [0.5, 0.6) is 5.75 Å². The van der Waals surface area contributed by atoms with E-state index in [1.165, 1.54) is 26.3 Å². The number of aliphatic imine (C=N–C) groups is 1. The van der Waals surface area contributed by atoms with Crippen molar-refractivity contribution in [3.05, 3.63) is 29.3 Å². The molecule has 0 fully saturated rings. The molecule has 0 unspecified atom stereocenters. The Labute approximate surface area is 109 Å². The average molecular weight is 275 g/mol. The van der Waals surface area contributed by atoms with E-state index in [4.69, 9.17) is 4.74 Å².